The van der Waals surface area contributed by atoms with Crippen LogP contribution >= 0.6 is 12.4 Å². The molecule has 1 aromatic carbocycles. The van der Waals surface area contributed by atoms with Gasteiger partial charge in [-0.15, -0.1) is 12.4 Å². The Kier molecular flexibility index (Phi) is 4.41. The molecule has 0 heterocycles. The van der Waals surface area contributed by atoms with Crippen molar-refractivity contribution in [3.63, 3.8) is 0 Å². The fourth-order valence-electron chi connectivity index (χ4n) is 1.71. The number of rotatable bonds is 3. The number of aliphatic hydroxyl groups excluding tert-OH is 1. The highest BCUT2D eigenvalue weighted by molar-refractivity contribution is 5.85. The van der Waals surface area contributed by atoms with E-state index in [9.17, 15) is 18.3 Å². The van der Waals surface area contributed by atoms with Crippen LogP contribution < -0.4 is 5.73 Å². The summed E-state index contributed by atoms with van der Waals surface area (Å²) in [6, 6.07) is 0.146. The Bertz CT molecular complexity index is 412. The standard InChI is InChI=1S/C11H12F3NO.ClH/c12-7-4-9(14)8(13)3-6(7)10(15)11(16)5-1-2-5;/h3-5,10-11,16H,1-2,15H2;1H/t10-,11+;/m0./s1. The van der Waals surface area contributed by atoms with Gasteiger partial charge in [0.25, 0.3) is 0 Å². The summed E-state index contributed by atoms with van der Waals surface area (Å²) in [5.74, 6) is -3.29. The van der Waals surface area contributed by atoms with Gasteiger partial charge in [-0.3, -0.25) is 0 Å². The quantitative estimate of drug-likeness (QED) is 0.826. The molecule has 0 bridgehead atoms. The third kappa shape index (κ3) is 2.91. The fraction of sp³-hybridized carbons (Fsp3) is 0.455. The Balaban J connectivity index is 0.00000144. The zero-order chi connectivity index (χ0) is 11.9. The molecule has 1 aliphatic rings. The van der Waals surface area contributed by atoms with E-state index in [4.69, 9.17) is 5.73 Å². The molecular formula is C11H13ClF3NO. The summed E-state index contributed by atoms with van der Waals surface area (Å²) in [7, 11) is 0. The highest BCUT2D eigenvalue weighted by Crippen LogP contribution is 2.37. The van der Waals surface area contributed by atoms with Crippen molar-refractivity contribution in [2.45, 2.75) is 25.0 Å². The van der Waals surface area contributed by atoms with Crippen molar-refractivity contribution in [3.8, 4) is 0 Å². The van der Waals surface area contributed by atoms with Crippen LogP contribution in [0, 0.1) is 23.4 Å². The summed E-state index contributed by atoms with van der Waals surface area (Å²) in [5, 5.41) is 9.69. The SMILES string of the molecule is Cl.N[C@@H](c1cc(F)c(F)cc1F)[C@H](O)C1CC1. The average Bonchev–Trinajstić information content (AvgIpc) is 3.05. The first kappa shape index (κ1) is 14.3. The van der Waals surface area contributed by atoms with Crippen LogP contribution in [0.15, 0.2) is 12.1 Å². The van der Waals surface area contributed by atoms with Gasteiger partial charge in [0, 0.05) is 11.6 Å². The molecule has 0 amide bonds. The summed E-state index contributed by atoms with van der Waals surface area (Å²) in [4.78, 5) is 0. The van der Waals surface area contributed by atoms with Crippen molar-refractivity contribution >= 4 is 12.4 Å². The lowest BCUT2D eigenvalue weighted by molar-refractivity contribution is 0.120. The minimum Gasteiger partial charge on any atom is -0.391 e. The van der Waals surface area contributed by atoms with E-state index in [1.165, 1.54) is 0 Å². The molecule has 2 rings (SSSR count). The first-order chi connectivity index (χ1) is 7.50. The third-order valence-corrected chi connectivity index (χ3v) is 2.87. The van der Waals surface area contributed by atoms with E-state index in [1.807, 2.05) is 0 Å². The van der Waals surface area contributed by atoms with E-state index >= 15 is 0 Å². The summed E-state index contributed by atoms with van der Waals surface area (Å²) < 4.78 is 38.9. The Labute approximate surface area is 103 Å². The van der Waals surface area contributed by atoms with Crippen LogP contribution in [0.3, 0.4) is 0 Å². The number of hydrogen-bond donors (Lipinski definition) is 2. The van der Waals surface area contributed by atoms with Gasteiger partial charge in [0.15, 0.2) is 11.6 Å². The summed E-state index contributed by atoms with van der Waals surface area (Å²) in [5.41, 5.74) is 5.44. The van der Waals surface area contributed by atoms with Crippen molar-refractivity contribution in [1.29, 1.82) is 0 Å². The normalized spacial score (nSPS) is 18.4. The van der Waals surface area contributed by atoms with Crippen molar-refractivity contribution in [2.24, 2.45) is 11.7 Å². The van der Waals surface area contributed by atoms with Crippen molar-refractivity contribution in [2.75, 3.05) is 0 Å². The number of benzene rings is 1. The predicted molar refractivity (Wildman–Crippen MR) is 59.2 cm³/mol. The molecule has 0 saturated heterocycles. The molecule has 0 unspecified atom stereocenters. The molecule has 1 fully saturated rings. The average molecular weight is 268 g/mol. The first-order valence-electron chi connectivity index (χ1n) is 5.09. The molecule has 1 saturated carbocycles. The minimum absolute atomic E-state index is 0. The molecule has 6 heteroatoms. The molecule has 0 aliphatic heterocycles. The van der Waals surface area contributed by atoms with E-state index in [1.54, 1.807) is 0 Å². The van der Waals surface area contributed by atoms with Gasteiger partial charge in [-0.2, -0.15) is 0 Å². The fourth-order valence-corrected chi connectivity index (χ4v) is 1.71. The van der Waals surface area contributed by atoms with Gasteiger partial charge >= 0.3 is 0 Å². The van der Waals surface area contributed by atoms with Crippen LogP contribution in [0.5, 0.6) is 0 Å². The molecule has 96 valence electrons. The van der Waals surface area contributed by atoms with Gasteiger partial charge < -0.3 is 10.8 Å². The second-order valence-electron chi connectivity index (χ2n) is 4.14. The predicted octanol–water partition coefficient (Wildman–Crippen LogP) is 2.30. The molecule has 0 radical (unpaired) electrons. The van der Waals surface area contributed by atoms with Crippen LogP contribution in [0.1, 0.15) is 24.4 Å². The maximum absolute atomic E-state index is 13.3. The van der Waals surface area contributed by atoms with Gasteiger partial charge in [-0.25, -0.2) is 13.2 Å². The van der Waals surface area contributed by atoms with Gasteiger partial charge in [-0.05, 0) is 24.8 Å². The van der Waals surface area contributed by atoms with E-state index < -0.39 is 29.6 Å². The van der Waals surface area contributed by atoms with E-state index in [-0.39, 0.29) is 23.9 Å². The molecule has 2 atom stereocenters. The highest BCUT2D eigenvalue weighted by Gasteiger charge is 2.35. The maximum atomic E-state index is 13.3. The number of aliphatic hydroxyl groups is 1. The Morgan fingerprint density at radius 2 is 1.65 bits per heavy atom. The van der Waals surface area contributed by atoms with Crippen LogP contribution in [-0.2, 0) is 0 Å². The summed E-state index contributed by atoms with van der Waals surface area (Å²) in [6.45, 7) is 0. The van der Waals surface area contributed by atoms with E-state index in [2.05, 4.69) is 0 Å². The smallest absolute Gasteiger partial charge is 0.161 e. The topological polar surface area (TPSA) is 46.2 Å². The Morgan fingerprint density at radius 3 is 2.18 bits per heavy atom. The summed E-state index contributed by atoms with van der Waals surface area (Å²) in [6.07, 6.45) is 0.764. The monoisotopic (exact) mass is 267 g/mol. The molecule has 1 aromatic rings. The second-order valence-corrected chi connectivity index (χ2v) is 4.14. The third-order valence-electron chi connectivity index (χ3n) is 2.87. The van der Waals surface area contributed by atoms with Crippen LogP contribution in [0.25, 0.3) is 0 Å². The largest absolute Gasteiger partial charge is 0.391 e. The van der Waals surface area contributed by atoms with Crippen molar-refractivity contribution in [3.05, 3.63) is 35.1 Å². The molecule has 3 N–H and O–H groups in total. The number of hydrogen-bond acceptors (Lipinski definition) is 2. The molecular weight excluding hydrogens is 255 g/mol. The lowest BCUT2D eigenvalue weighted by Gasteiger charge is -2.19. The zero-order valence-corrected chi connectivity index (χ0v) is 9.68. The lowest BCUT2D eigenvalue weighted by Crippen LogP contribution is -2.29. The summed E-state index contributed by atoms with van der Waals surface area (Å²) >= 11 is 0. The minimum atomic E-state index is -1.26. The van der Waals surface area contributed by atoms with E-state index in [0.717, 1.165) is 12.8 Å². The molecule has 17 heavy (non-hydrogen) atoms. The second kappa shape index (κ2) is 5.25. The maximum Gasteiger partial charge on any atom is 0.161 e. The van der Waals surface area contributed by atoms with Gasteiger partial charge in [0.2, 0.25) is 0 Å². The van der Waals surface area contributed by atoms with Gasteiger partial charge in [-0.1, -0.05) is 0 Å². The molecule has 1 aliphatic carbocycles. The zero-order valence-electron chi connectivity index (χ0n) is 8.87. The molecule has 0 aromatic heterocycles. The number of halogens is 4. The van der Waals surface area contributed by atoms with E-state index in [0.29, 0.717) is 12.1 Å². The van der Waals surface area contributed by atoms with Crippen LogP contribution in [0.2, 0.25) is 0 Å². The van der Waals surface area contributed by atoms with Gasteiger partial charge in [0.1, 0.15) is 5.82 Å². The molecule has 2 nitrogen and oxygen atoms in total. The lowest BCUT2D eigenvalue weighted by atomic mass is 9.98. The van der Waals surface area contributed by atoms with Crippen LogP contribution in [0.4, 0.5) is 13.2 Å². The van der Waals surface area contributed by atoms with Crippen molar-refractivity contribution < 1.29 is 18.3 Å². The van der Waals surface area contributed by atoms with Gasteiger partial charge in [0.05, 0.1) is 12.1 Å². The first-order valence-corrected chi connectivity index (χ1v) is 5.09. The van der Waals surface area contributed by atoms with Crippen molar-refractivity contribution in [1.82, 2.24) is 0 Å². The van der Waals surface area contributed by atoms with Crippen LogP contribution in [-0.4, -0.2) is 11.2 Å². The number of nitrogens with two attached hydrogens (primary N) is 1. The Morgan fingerprint density at radius 1 is 1.12 bits per heavy atom. The highest BCUT2D eigenvalue weighted by atomic mass is 35.5. The Hall–Kier alpha value is -0.780. The molecule has 0 spiro atoms.